The van der Waals surface area contributed by atoms with E-state index in [0.29, 0.717) is 0 Å². The van der Waals surface area contributed by atoms with Gasteiger partial charge in [0.1, 0.15) is 0 Å². The predicted octanol–water partition coefficient (Wildman–Crippen LogP) is 2.92. The van der Waals surface area contributed by atoms with E-state index in [9.17, 15) is 9.18 Å². The summed E-state index contributed by atoms with van der Waals surface area (Å²) in [6, 6.07) is 0. The number of hydrogen-bond donors (Lipinski definition) is 0. The third-order valence-electron chi connectivity index (χ3n) is 1.51. The van der Waals surface area contributed by atoms with Crippen LogP contribution in [0.15, 0.2) is 38.0 Å². The second kappa shape index (κ2) is 6.13. The van der Waals surface area contributed by atoms with Crippen molar-refractivity contribution in [1.29, 1.82) is 0 Å². The monoisotopic (exact) mass is 198 g/mol. The Morgan fingerprint density at radius 1 is 1.21 bits per heavy atom. The lowest BCUT2D eigenvalue weighted by molar-refractivity contribution is -0.179. The summed E-state index contributed by atoms with van der Waals surface area (Å²) >= 11 is 0. The summed E-state index contributed by atoms with van der Waals surface area (Å²) in [5.74, 6) is -2.64. The molecule has 0 bridgehead atoms. The van der Waals surface area contributed by atoms with Gasteiger partial charge in [0.05, 0.1) is 6.42 Å². The second-order valence-corrected chi connectivity index (χ2v) is 2.84. The molecule has 0 amide bonds. The molecule has 0 atom stereocenters. The lowest BCUT2D eigenvalue weighted by Crippen LogP contribution is -2.28. The van der Waals surface area contributed by atoms with Crippen LogP contribution in [0.1, 0.15) is 19.3 Å². The maximum atomic E-state index is 13.7. The quantitative estimate of drug-likeness (QED) is 0.464. The zero-order valence-electron chi connectivity index (χ0n) is 8.17. The van der Waals surface area contributed by atoms with Crippen LogP contribution >= 0.6 is 0 Å². The molecule has 3 heteroatoms. The van der Waals surface area contributed by atoms with Gasteiger partial charge in [0.15, 0.2) is 0 Å². The molecule has 0 aliphatic carbocycles. The molecule has 0 aliphatic rings. The van der Waals surface area contributed by atoms with Gasteiger partial charge in [-0.15, -0.1) is 19.7 Å². The van der Waals surface area contributed by atoms with E-state index in [2.05, 4.69) is 24.5 Å². The predicted molar refractivity (Wildman–Crippen MR) is 54.4 cm³/mol. The molecule has 0 spiro atoms. The van der Waals surface area contributed by atoms with Crippen LogP contribution in [0.5, 0.6) is 0 Å². The van der Waals surface area contributed by atoms with E-state index in [1.165, 1.54) is 18.2 Å². The lowest BCUT2D eigenvalue weighted by Gasteiger charge is -2.22. The van der Waals surface area contributed by atoms with Crippen LogP contribution in [0.25, 0.3) is 0 Å². The first-order valence-electron chi connectivity index (χ1n) is 4.31. The van der Waals surface area contributed by atoms with Crippen molar-refractivity contribution in [2.75, 3.05) is 0 Å². The van der Waals surface area contributed by atoms with Gasteiger partial charge >= 0.3 is 5.97 Å². The minimum absolute atomic E-state index is 0.0000439. The molecule has 0 aliphatic heterocycles. The van der Waals surface area contributed by atoms with Crippen molar-refractivity contribution in [3.63, 3.8) is 0 Å². The number of carbonyl (C=O) groups is 1. The molecule has 0 heterocycles. The van der Waals surface area contributed by atoms with E-state index in [0.717, 1.165) is 0 Å². The van der Waals surface area contributed by atoms with Crippen molar-refractivity contribution in [2.24, 2.45) is 0 Å². The maximum Gasteiger partial charge on any atom is 0.312 e. The summed E-state index contributed by atoms with van der Waals surface area (Å²) in [4.78, 5) is 11.0. The fourth-order valence-electron chi connectivity index (χ4n) is 0.961. The molecule has 78 valence electrons. The third kappa shape index (κ3) is 4.60. The fraction of sp³-hybridized carbons (Fsp3) is 0.364. The smallest absolute Gasteiger partial charge is 0.312 e. The van der Waals surface area contributed by atoms with E-state index in [-0.39, 0.29) is 19.3 Å². The van der Waals surface area contributed by atoms with Crippen LogP contribution in [-0.2, 0) is 9.53 Å². The molecule has 0 saturated heterocycles. The molecule has 0 N–H and O–H groups in total. The molecule has 14 heavy (non-hydrogen) atoms. The molecular weight excluding hydrogens is 183 g/mol. The summed E-state index contributed by atoms with van der Waals surface area (Å²) in [6.45, 7) is 10.1. The molecule has 0 aromatic rings. The van der Waals surface area contributed by atoms with Gasteiger partial charge in [-0.3, -0.25) is 4.79 Å². The Morgan fingerprint density at radius 2 is 1.71 bits per heavy atom. The van der Waals surface area contributed by atoms with E-state index in [4.69, 9.17) is 0 Å². The van der Waals surface area contributed by atoms with Gasteiger partial charge in [-0.2, -0.15) is 4.39 Å². The molecule has 0 aromatic heterocycles. The summed E-state index contributed by atoms with van der Waals surface area (Å²) in [6.07, 6.45) is 4.02. The number of ether oxygens (including phenoxy) is 1. The Morgan fingerprint density at radius 3 is 2.07 bits per heavy atom. The molecule has 0 fully saturated rings. The van der Waals surface area contributed by atoms with Crippen molar-refractivity contribution in [3.05, 3.63) is 38.0 Å². The molecule has 0 unspecified atom stereocenters. The number of carbonyl (C=O) groups excluding carboxylic acids is 1. The van der Waals surface area contributed by atoms with E-state index in [1.54, 1.807) is 0 Å². The topological polar surface area (TPSA) is 26.3 Å². The Labute approximate surface area is 83.8 Å². The second-order valence-electron chi connectivity index (χ2n) is 2.84. The maximum absolute atomic E-state index is 13.7. The molecule has 0 saturated carbocycles. The van der Waals surface area contributed by atoms with Gasteiger partial charge in [0, 0.05) is 12.8 Å². The van der Waals surface area contributed by atoms with Crippen LogP contribution in [0.4, 0.5) is 4.39 Å². The summed E-state index contributed by atoms with van der Waals surface area (Å²) in [5, 5.41) is 0. The lowest BCUT2D eigenvalue weighted by atomic mass is 10.1. The first-order chi connectivity index (χ1) is 6.58. The van der Waals surface area contributed by atoms with Crippen molar-refractivity contribution in [3.8, 4) is 0 Å². The van der Waals surface area contributed by atoms with Crippen LogP contribution in [0.3, 0.4) is 0 Å². The van der Waals surface area contributed by atoms with Gasteiger partial charge < -0.3 is 4.74 Å². The van der Waals surface area contributed by atoms with Gasteiger partial charge in [-0.1, -0.05) is 18.2 Å². The van der Waals surface area contributed by atoms with Crippen molar-refractivity contribution in [1.82, 2.24) is 0 Å². The number of hydrogen-bond acceptors (Lipinski definition) is 2. The first-order valence-corrected chi connectivity index (χ1v) is 4.31. The standard InChI is InChI=1S/C11H15FO2/c1-4-7-10(13)14-11(12,8-5-2)9-6-3/h4-6H,1-3,7-9H2. The van der Waals surface area contributed by atoms with Crippen molar-refractivity contribution in [2.45, 2.75) is 25.1 Å². The first kappa shape index (κ1) is 12.6. The highest BCUT2D eigenvalue weighted by atomic mass is 19.2. The highest BCUT2D eigenvalue weighted by molar-refractivity contribution is 5.71. The van der Waals surface area contributed by atoms with Crippen molar-refractivity contribution < 1.29 is 13.9 Å². The molecular formula is C11H15FO2. The normalized spacial score (nSPS) is 10.4. The highest BCUT2D eigenvalue weighted by Gasteiger charge is 2.30. The highest BCUT2D eigenvalue weighted by Crippen LogP contribution is 2.24. The number of rotatable bonds is 7. The number of halogens is 1. The minimum atomic E-state index is -2.01. The molecule has 0 aromatic carbocycles. The van der Waals surface area contributed by atoms with E-state index in [1.807, 2.05) is 0 Å². The van der Waals surface area contributed by atoms with Crippen molar-refractivity contribution >= 4 is 5.97 Å². The Balaban J connectivity index is 4.33. The van der Waals surface area contributed by atoms with Gasteiger partial charge in [-0.05, 0) is 0 Å². The molecule has 0 rings (SSSR count). The van der Waals surface area contributed by atoms with E-state index >= 15 is 0 Å². The van der Waals surface area contributed by atoms with Crippen LogP contribution in [0, 0.1) is 0 Å². The van der Waals surface area contributed by atoms with E-state index < -0.39 is 11.8 Å². The molecule has 0 radical (unpaired) electrons. The zero-order chi connectivity index (χ0) is 11.0. The number of alkyl halides is 1. The summed E-state index contributed by atoms with van der Waals surface area (Å²) in [7, 11) is 0. The largest absolute Gasteiger partial charge is 0.428 e. The van der Waals surface area contributed by atoms with Crippen LogP contribution < -0.4 is 0 Å². The van der Waals surface area contributed by atoms with Crippen LogP contribution in [0.2, 0.25) is 0 Å². The minimum Gasteiger partial charge on any atom is -0.428 e. The average molecular weight is 198 g/mol. The SMILES string of the molecule is C=CCC(=O)OC(F)(CC=C)CC=C. The summed E-state index contributed by atoms with van der Waals surface area (Å²) in [5.41, 5.74) is 0. The Bertz CT molecular complexity index is 223. The van der Waals surface area contributed by atoms with Gasteiger partial charge in [0.25, 0.3) is 5.85 Å². The number of esters is 1. The third-order valence-corrected chi connectivity index (χ3v) is 1.51. The van der Waals surface area contributed by atoms with Crippen LogP contribution in [-0.4, -0.2) is 11.8 Å². The molecule has 2 nitrogen and oxygen atoms in total. The fourth-order valence-corrected chi connectivity index (χ4v) is 0.961. The summed E-state index contributed by atoms with van der Waals surface area (Å²) < 4.78 is 18.4. The van der Waals surface area contributed by atoms with Gasteiger partial charge in [0.2, 0.25) is 0 Å². The average Bonchev–Trinajstić information content (AvgIpc) is 2.04. The zero-order valence-corrected chi connectivity index (χ0v) is 8.17. The Hall–Kier alpha value is -1.38. The Kier molecular flexibility index (Phi) is 5.53. The van der Waals surface area contributed by atoms with Gasteiger partial charge in [-0.25, -0.2) is 0 Å².